The number of methoxy groups -OCH3 is 2. The Hall–Kier alpha value is -3.65. The lowest BCUT2D eigenvalue weighted by Crippen LogP contribution is -2.18. The van der Waals surface area contributed by atoms with Crippen LogP contribution in [0.1, 0.15) is 26.3 Å². The molecule has 0 aliphatic rings. The maximum absolute atomic E-state index is 12.4. The van der Waals surface area contributed by atoms with Crippen molar-refractivity contribution in [3.05, 3.63) is 87.9 Å². The molecule has 158 valence electrons. The van der Waals surface area contributed by atoms with E-state index in [0.717, 1.165) is 4.47 Å². The Morgan fingerprint density at radius 1 is 0.903 bits per heavy atom. The van der Waals surface area contributed by atoms with Crippen LogP contribution in [0.5, 0.6) is 17.2 Å². The molecule has 0 spiro atoms. The molecular formula is C23H19BrN2O5. The van der Waals surface area contributed by atoms with Gasteiger partial charge in [-0.2, -0.15) is 5.10 Å². The largest absolute Gasteiger partial charge is 0.496 e. The van der Waals surface area contributed by atoms with Crippen LogP contribution in [0.15, 0.2) is 76.3 Å². The molecule has 0 aromatic heterocycles. The van der Waals surface area contributed by atoms with E-state index in [-0.39, 0.29) is 5.75 Å². The number of hydrogen-bond donors (Lipinski definition) is 1. The Kier molecular flexibility index (Phi) is 7.40. The monoisotopic (exact) mass is 482 g/mol. The van der Waals surface area contributed by atoms with E-state index in [1.54, 1.807) is 60.7 Å². The highest BCUT2D eigenvalue weighted by Gasteiger charge is 2.14. The van der Waals surface area contributed by atoms with E-state index in [0.29, 0.717) is 28.2 Å². The highest BCUT2D eigenvalue weighted by atomic mass is 79.9. The molecule has 0 atom stereocenters. The van der Waals surface area contributed by atoms with Gasteiger partial charge in [0.25, 0.3) is 5.91 Å². The van der Waals surface area contributed by atoms with Gasteiger partial charge >= 0.3 is 5.97 Å². The van der Waals surface area contributed by atoms with Gasteiger partial charge in [0, 0.05) is 4.47 Å². The van der Waals surface area contributed by atoms with Crippen LogP contribution in [0.3, 0.4) is 0 Å². The summed E-state index contributed by atoms with van der Waals surface area (Å²) in [7, 11) is 2.97. The summed E-state index contributed by atoms with van der Waals surface area (Å²) < 4.78 is 16.7. The first-order chi connectivity index (χ1) is 15.0. The molecule has 0 radical (unpaired) electrons. The number of amides is 1. The topological polar surface area (TPSA) is 86.2 Å². The highest BCUT2D eigenvalue weighted by Crippen LogP contribution is 2.28. The average Bonchev–Trinajstić information content (AvgIpc) is 2.79. The maximum Gasteiger partial charge on any atom is 0.343 e. The number of rotatable bonds is 7. The minimum absolute atomic E-state index is 0.236. The lowest BCUT2D eigenvalue weighted by molar-refractivity contribution is 0.0729. The maximum atomic E-state index is 12.4. The predicted octanol–water partition coefficient (Wildman–Crippen LogP) is 4.45. The van der Waals surface area contributed by atoms with Crippen LogP contribution in [-0.4, -0.2) is 32.3 Å². The van der Waals surface area contributed by atoms with E-state index in [1.807, 2.05) is 6.07 Å². The summed E-state index contributed by atoms with van der Waals surface area (Å²) >= 11 is 3.33. The van der Waals surface area contributed by atoms with Crippen LogP contribution < -0.4 is 19.6 Å². The van der Waals surface area contributed by atoms with E-state index in [2.05, 4.69) is 26.5 Å². The number of halogens is 1. The number of benzene rings is 3. The molecule has 3 rings (SSSR count). The molecule has 8 heteroatoms. The quantitative estimate of drug-likeness (QED) is 0.232. The molecule has 1 N–H and O–H groups in total. The third-order valence-electron chi connectivity index (χ3n) is 4.19. The van der Waals surface area contributed by atoms with Crippen molar-refractivity contribution in [2.45, 2.75) is 0 Å². The van der Waals surface area contributed by atoms with Gasteiger partial charge in [-0.15, -0.1) is 0 Å². The first-order valence-corrected chi connectivity index (χ1v) is 9.93. The molecule has 0 saturated heterocycles. The molecule has 3 aromatic rings. The molecular weight excluding hydrogens is 464 g/mol. The van der Waals surface area contributed by atoms with Crippen molar-refractivity contribution < 1.29 is 23.8 Å². The summed E-state index contributed by atoms with van der Waals surface area (Å²) in [6, 6.07) is 18.7. The van der Waals surface area contributed by atoms with Gasteiger partial charge < -0.3 is 14.2 Å². The average molecular weight is 483 g/mol. The normalized spacial score (nSPS) is 10.5. The molecule has 0 saturated carbocycles. The van der Waals surface area contributed by atoms with Crippen LogP contribution in [0, 0.1) is 0 Å². The molecule has 0 unspecified atom stereocenters. The zero-order chi connectivity index (χ0) is 22.2. The Morgan fingerprint density at radius 3 is 2.32 bits per heavy atom. The molecule has 0 aliphatic heterocycles. The summed E-state index contributed by atoms with van der Waals surface area (Å²) in [5, 5.41) is 3.98. The number of carbonyl (C=O) groups excluding carboxylic acids is 2. The summed E-state index contributed by atoms with van der Waals surface area (Å²) in [6.45, 7) is 0. The van der Waals surface area contributed by atoms with Crippen LogP contribution in [0.2, 0.25) is 0 Å². The molecule has 31 heavy (non-hydrogen) atoms. The Morgan fingerprint density at radius 2 is 1.61 bits per heavy atom. The van der Waals surface area contributed by atoms with E-state index < -0.39 is 11.9 Å². The van der Waals surface area contributed by atoms with Crippen molar-refractivity contribution in [2.75, 3.05) is 14.2 Å². The van der Waals surface area contributed by atoms with Gasteiger partial charge in [0.15, 0.2) is 11.5 Å². The third kappa shape index (κ3) is 5.70. The second-order valence-electron chi connectivity index (χ2n) is 6.21. The van der Waals surface area contributed by atoms with Crippen molar-refractivity contribution in [1.29, 1.82) is 0 Å². The number of nitrogens with zero attached hydrogens (tertiary/aromatic N) is 1. The van der Waals surface area contributed by atoms with Crippen LogP contribution in [-0.2, 0) is 0 Å². The number of ether oxygens (including phenoxy) is 3. The van der Waals surface area contributed by atoms with Gasteiger partial charge in [0.1, 0.15) is 5.75 Å². The molecule has 0 heterocycles. The summed E-state index contributed by atoms with van der Waals surface area (Å²) in [6.07, 6.45) is 1.43. The molecule has 0 bridgehead atoms. The fourth-order valence-electron chi connectivity index (χ4n) is 2.67. The zero-order valence-corrected chi connectivity index (χ0v) is 18.4. The first-order valence-electron chi connectivity index (χ1n) is 9.14. The second kappa shape index (κ2) is 10.4. The van der Waals surface area contributed by atoms with E-state index in [1.165, 1.54) is 20.4 Å². The lowest BCUT2D eigenvalue weighted by Gasteiger charge is -2.10. The Bertz CT molecular complexity index is 1120. The van der Waals surface area contributed by atoms with Crippen molar-refractivity contribution >= 4 is 34.0 Å². The Labute approximate surface area is 187 Å². The van der Waals surface area contributed by atoms with Gasteiger partial charge in [-0.1, -0.05) is 34.1 Å². The van der Waals surface area contributed by atoms with E-state index in [9.17, 15) is 9.59 Å². The molecule has 0 fully saturated rings. The van der Waals surface area contributed by atoms with Crippen molar-refractivity contribution in [2.24, 2.45) is 5.10 Å². The fourth-order valence-corrected chi connectivity index (χ4v) is 3.03. The Balaban J connectivity index is 1.74. The van der Waals surface area contributed by atoms with Crippen molar-refractivity contribution in [1.82, 2.24) is 5.43 Å². The number of hydrogen-bond acceptors (Lipinski definition) is 6. The third-order valence-corrected chi connectivity index (χ3v) is 4.68. The summed E-state index contributed by atoms with van der Waals surface area (Å²) in [5.74, 6) is 0.113. The highest BCUT2D eigenvalue weighted by molar-refractivity contribution is 9.10. The minimum Gasteiger partial charge on any atom is -0.496 e. The summed E-state index contributed by atoms with van der Waals surface area (Å²) in [4.78, 5) is 24.8. The number of carbonyl (C=O) groups is 2. The van der Waals surface area contributed by atoms with Gasteiger partial charge in [-0.05, 0) is 54.1 Å². The predicted molar refractivity (Wildman–Crippen MR) is 120 cm³/mol. The molecule has 7 nitrogen and oxygen atoms in total. The van der Waals surface area contributed by atoms with Crippen LogP contribution >= 0.6 is 15.9 Å². The van der Waals surface area contributed by atoms with E-state index >= 15 is 0 Å². The fraction of sp³-hybridized carbons (Fsp3) is 0.0870. The minimum atomic E-state index is -0.511. The van der Waals surface area contributed by atoms with Gasteiger partial charge in [0.05, 0.1) is 31.6 Å². The lowest BCUT2D eigenvalue weighted by atomic mass is 10.2. The van der Waals surface area contributed by atoms with Gasteiger partial charge in [-0.25, -0.2) is 10.2 Å². The smallest absolute Gasteiger partial charge is 0.343 e. The van der Waals surface area contributed by atoms with E-state index in [4.69, 9.17) is 14.2 Å². The number of hydrazone groups is 1. The SMILES string of the molecule is COc1ccc(/C=N\NC(=O)c2cc(Br)ccc2OC)cc1OC(=O)c1ccccc1. The molecule has 0 aliphatic carbocycles. The summed E-state index contributed by atoms with van der Waals surface area (Å²) in [5.41, 5.74) is 3.80. The molecule has 1 amide bonds. The zero-order valence-electron chi connectivity index (χ0n) is 16.8. The van der Waals surface area contributed by atoms with Crippen LogP contribution in [0.25, 0.3) is 0 Å². The van der Waals surface area contributed by atoms with Crippen molar-refractivity contribution in [3.8, 4) is 17.2 Å². The van der Waals surface area contributed by atoms with Crippen molar-refractivity contribution in [3.63, 3.8) is 0 Å². The first kappa shape index (κ1) is 22.0. The van der Waals surface area contributed by atoms with Gasteiger partial charge in [-0.3, -0.25) is 4.79 Å². The molecule has 3 aromatic carbocycles. The van der Waals surface area contributed by atoms with Gasteiger partial charge in [0.2, 0.25) is 0 Å². The standard InChI is InChI=1S/C23H19BrN2O5/c1-29-19-11-9-17(24)13-18(19)22(27)26-25-14-15-8-10-20(30-2)21(12-15)31-23(28)16-6-4-3-5-7-16/h3-14H,1-2H3,(H,26,27)/b25-14-. The second-order valence-corrected chi connectivity index (χ2v) is 7.13. The number of nitrogens with one attached hydrogen (secondary N) is 1. The van der Waals surface area contributed by atoms with Crippen LogP contribution in [0.4, 0.5) is 0 Å². The number of esters is 1.